The summed E-state index contributed by atoms with van der Waals surface area (Å²) in [6.07, 6.45) is 2.04. The number of benzene rings is 1. The van der Waals surface area contributed by atoms with E-state index in [4.69, 9.17) is 10.8 Å². The van der Waals surface area contributed by atoms with Crippen LogP contribution in [0, 0.1) is 0 Å². The topological polar surface area (TPSA) is 88.2 Å². The normalized spacial score (nSPS) is 10.2. The molecule has 5 nitrogen and oxygen atoms in total. The van der Waals surface area contributed by atoms with Crippen LogP contribution >= 0.6 is 0 Å². The van der Waals surface area contributed by atoms with Crippen LogP contribution in [0.1, 0.15) is 15.9 Å². The molecule has 98 valence electrons. The summed E-state index contributed by atoms with van der Waals surface area (Å²) in [6.45, 7) is 0.114. The van der Waals surface area contributed by atoms with Gasteiger partial charge in [-0.25, -0.2) is 4.98 Å². The summed E-state index contributed by atoms with van der Waals surface area (Å²) in [5.74, 6) is 0.146. The largest absolute Gasteiger partial charge is 0.396 e. The summed E-state index contributed by atoms with van der Waals surface area (Å²) in [7, 11) is 0. The van der Waals surface area contributed by atoms with Crippen molar-refractivity contribution < 1.29 is 9.90 Å². The van der Waals surface area contributed by atoms with Gasteiger partial charge in [0.2, 0.25) is 0 Å². The van der Waals surface area contributed by atoms with E-state index in [0.717, 1.165) is 5.56 Å². The molecule has 0 bridgehead atoms. The monoisotopic (exact) mass is 257 g/mol. The zero-order valence-corrected chi connectivity index (χ0v) is 10.3. The van der Waals surface area contributed by atoms with Crippen LogP contribution in [0.2, 0.25) is 0 Å². The van der Waals surface area contributed by atoms with Crippen LogP contribution < -0.4 is 11.1 Å². The molecule has 1 aromatic heterocycles. The van der Waals surface area contributed by atoms with Gasteiger partial charge in [0, 0.05) is 18.5 Å². The summed E-state index contributed by atoms with van der Waals surface area (Å²) in [5.41, 5.74) is 7.63. The Hall–Kier alpha value is -2.40. The molecule has 5 heteroatoms. The van der Waals surface area contributed by atoms with Crippen molar-refractivity contribution in [2.75, 3.05) is 17.7 Å². The molecule has 0 saturated heterocycles. The molecule has 0 unspecified atom stereocenters. The number of rotatable bonds is 4. The van der Waals surface area contributed by atoms with E-state index in [1.54, 1.807) is 24.3 Å². The third kappa shape index (κ3) is 3.53. The minimum absolute atomic E-state index is 0.114. The molecule has 1 heterocycles. The number of aliphatic hydroxyl groups is 1. The molecular formula is C14H15N3O2. The van der Waals surface area contributed by atoms with Gasteiger partial charge in [-0.3, -0.25) is 4.79 Å². The Morgan fingerprint density at radius 1 is 1.21 bits per heavy atom. The van der Waals surface area contributed by atoms with Crippen LogP contribution in [0.25, 0.3) is 0 Å². The van der Waals surface area contributed by atoms with E-state index in [1.165, 1.54) is 6.20 Å². The van der Waals surface area contributed by atoms with E-state index in [-0.39, 0.29) is 12.5 Å². The SMILES string of the molecule is Nc1ccc(C(=O)Nc2ccc(CCO)cc2)cn1. The summed E-state index contributed by atoms with van der Waals surface area (Å²) < 4.78 is 0. The number of hydrogen-bond donors (Lipinski definition) is 3. The van der Waals surface area contributed by atoms with E-state index in [9.17, 15) is 4.79 Å². The Bertz CT molecular complexity index is 550. The molecular weight excluding hydrogens is 242 g/mol. The number of hydrogen-bond acceptors (Lipinski definition) is 4. The maximum absolute atomic E-state index is 11.9. The van der Waals surface area contributed by atoms with Gasteiger partial charge in [0.25, 0.3) is 5.91 Å². The molecule has 4 N–H and O–H groups in total. The van der Waals surface area contributed by atoms with Crippen LogP contribution in [-0.4, -0.2) is 22.6 Å². The van der Waals surface area contributed by atoms with Crippen molar-refractivity contribution in [1.82, 2.24) is 4.98 Å². The molecule has 1 aromatic carbocycles. The first-order valence-electron chi connectivity index (χ1n) is 5.92. The van der Waals surface area contributed by atoms with Crippen molar-refractivity contribution in [3.05, 3.63) is 53.7 Å². The Morgan fingerprint density at radius 3 is 2.53 bits per heavy atom. The third-order valence-corrected chi connectivity index (χ3v) is 2.66. The molecule has 2 aromatic rings. The lowest BCUT2D eigenvalue weighted by Crippen LogP contribution is -2.12. The predicted molar refractivity (Wildman–Crippen MR) is 73.8 cm³/mol. The summed E-state index contributed by atoms with van der Waals surface area (Å²) >= 11 is 0. The second-order valence-electron chi connectivity index (χ2n) is 4.10. The fourth-order valence-electron chi connectivity index (χ4n) is 1.63. The standard InChI is InChI=1S/C14H15N3O2/c15-13-6-3-11(9-16-13)14(19)17-12-4-1-10(2-5-12)7-8-18/h1-6,9,18H,7-8H2,(H2,15,16)(H,17,19). The average molecular weight is 257 g/mol. The van der Waals surface area contributed by atoms with Crippen LogP contribution in [0.4, 0.5) is 11.5 Å². The lowest BCUT2D eigenvalue weighted by Gasteiger charge is -2.06. The minimum Gasteiger partial charge on any atom is -0.396 e. The number of carbonyl (C=O) groups excluding carboxylic acids is 1. The number of carbonyl (C=O) groups is 1. The van der Waals surface area contributed by atoms with Crippen molar-refractivity contribution in [2.45, 2.75) is 6.42 Å². The number of anilines is 2. The van der Waals surface area contributed by atoms with Crippen molar-refractivity contribution in [3.63, 3.8) is 0 Å². The highest BCUT2D eigenvalue weighted by molar-refractivity contribution is 6.04. The highest BCUT2D eigenvalue weighted by Gasteiger charge is 2.06. The van der Waals surface area contributed by atoms with Crippen LogP contribution in [0.5, 0.6) is 0 Å². The Labute approximate surface area is 111 Å². The quantitative estimate of drug-likeness (QED) is 0.773. The Kier molecular flexibility index (Phi) is 4.10. The first-order valence-corrected chi connectivity index (χ1v) is 5.92. The Morgan fingerprint density at radius 2 is 1.95 bits per heavy atom. The summed E-state index contributed by atoms with van der Waals surface area (Å²) in [5, 5.41) is 11.6. The van der Waals surface area contributed by atoms with Gasteiger partial charge in [0.15, 0.2) is 0 Å². The van der Waals surface area contributed by atoms with Gasteiger partial charge < -0.3 is 16.2 Å². The van der Waals surface area contributed by atoms with Gasteiger partial charge in [-0.2, -0.15) is 0 Å². The highest BCUT2D eigenvalue weighted by Crippen LogP contribution is 2.12. The van der Waals surface area contributed by atoms with E-state index >= 15 is 0 Å². The molecule has 0 radical (unpaired) electrons. The molecule has 19 heavy (non-hydrogen) atoms. The smallest absolute Gasteiger partial charge is 0.257 e. The van der Waals surface area contributed by atoms with Crippen molar-refractivity contribution in [3.8, 4) is 0 Å². The lowest BCUT2D eigenvalue weighted by molar-refractivity contribution is 0.102. The number of amides is 1. The third-order valence-electron chi connectivity index (χ3n) is 2.66. The molecule has 0 aliphatic heterocycles. The molecule has 1 amide bonds. The fraction of sp³-hybridized carbons (Fsp3) is 0.143. The van der Waals surface area contributed by atoms with Gasteiger partial charge in [0.1, 0.15) is 5.82 Å². The molecule has 0 spiro atoms. The molecule has 0 aliphatic carbocycles. The van der Waals surface area contributed by atoms with Gasteiger partial charge in [-0.15, -0.1) is 0 Å². The maximum atomic E-state index is 11.9. The minimum atomic E-state index is -0.234. The summed E-state index contributed by atoms with van der Waals surface area (Å²) in [6, 6.07) is 10.5. The van der Waals surface area contributed by atoms with Gasteiger partial charge in [-0.1, -0.05) is 12.1 Å². The summed E-state index contributed by atoms with van der Waals surface area (Å²) in [4.78, 5) is 15.8. The Balaban J connectivity index is 2.04. The molecule has 2 rings (SSSR count). The van der Waals surface area contributed by atoms with E-state index < -0.39 is 0 Å². The number of pyridine rings is 1. The zero-order chi connectivity index (χ0) is 13.7. The number of nitrogens with two attached hydrogens (primary N) is 1. The number of aliphatic hydroxyl groups excluding tert-OH is 1. The second kappa shape index (κ2) is 5.97. The van der Waals surface area contributed by atoms with E-state index in [1.807, 2.05) is 12.1 Å². The van der Waals surface area contributed by atoms with Gasteiger partial charge >= 0.3 is 0 Å². The maximum Gasteiger partial charge on any atom is 0.257 e. The second-order valence-corrected chi connectivity index (χ2v) is 4.10. The number of nitrogens with one attached hydrogen (secondary N) is 1. The lowest BCUT2D eigenvalue weighted by atomic mass is 10.1. The van der Waals surface area contributed by atoms with Gasteiger partial charge in [-0.05, 0) is 36.2 Å². The van der Waals surface area contributed by atoms with Gasteiger partial charge in [0.05, 0.1) is 5.56 Å². The average Bonchev–Trinajstić information content (AvgIpc) is 2.42. The predicted octanol–water partition coefficient (Wildman–Crippen LogP) is 1.45. The first-order chi connectivity index (χ1) is 9.19. The van der Waals surface area contributed by atoms with Crippen LogP contribution in [-0.2, 0) is 6.42 Å². The van der Waals surface area contributed by atoms with Crippen molar-refractivity contribution >= 4 is 17.4 Å². The fourth-order valence-corrected chi connectivity index (χ4v) is 1.63. The number of aromatic nitrogens is 1. The van der Waals surface area contributed by atoms with E-state index in [0.29, 0.717) is 23.5 Å². The highest BCUT2D eigenvalue weighted by atomic mass is 16.2. The van der Waals surface area contributed by atoms with E-state index in [2.05, 4.69) is 10.3 Å². The van der Waals surface area contributed by atoms with Crippen LogP contribution in [0.3, 0.4) is 0 Å². The van der Waals surface area contributed by atoms with Crippen LogP contribution in [0.15, 0.2) is 42.6 Å². The number of nitrogen functional groups attached to an aromatic ring is 1. The molecule has 0 atom stereocenters. The van der Waals surface area contributed by atoms with Crippen molar-refractivity contribution in [2.24, 2.45) is 0 Å². The molecule has 0 fully saturated rings. The first kappa shape index (κ1) is 13.0. The molecule has 0 saturated carbocycles. The molecule has 0 aliphatic rings. The number of nitrogens with zero attached hydrogens (tertiary/aromatic N) is 1. The van der Waals surface area contributed by atoms with Crippen molar-refractivity contribution in [1.29, 1.82) is 0 Å². The zero-order valence-electron chi connectivity index (χ0n) is 10.3.